The molecule has 2 unspecified atom stereocenters. The highest BCUT2D eigenvalue weighted by atomic mass is 32.1. The molecule has 0 saturated carbocycles. The number of carbonyl (C=O) groups excluding carboxylic acids is 2. The Kier molecular flexibility index (Phi) is 3.92. The highest BCUT2D eigenvalue weighted by molar-refractivity contribution is 7.12. The number of rotatable bonds is 2. The Balaban J connectivity index is 1.55. The summed E-state index contributed by atoms with van der Waals surface area (Å²) in [5.74, 6) is 2.27. The number of thiophene rings is 2. The van der Waals surface area contributed by atoms with Crippen LogP contribution in [0.2, 0.25) is 0 Å². The topological polar surface area (TPSA) is 77.5 Å². The van der Waals surface area contributed by atoms with Crippen molar-refractivity contribution in [3.63, 3.8) is 0 Å². The van der Waals surface area contributed by atoms with Crippen molar-refractivity contribution < 1.29 is 28.5 Å². The molecule has 2 atom stereocenters. The first-order valence-corrected chi connectivity index (χ1v) is 11.7. The first kappa shape index (κ1) is 19.0. The summed E-state index contributed by atoms with van der Waals surface area (Å²) in [5, 5.41) is 3.75. The van der Waals surface area contributed by atoms with Gasteiger partial charge in [-0.2, -0.15) is 0 Å². The van der Waals surface area contributed by atoms with E-state index < -0.39 is 11.5 Å². The Bertz CT molecular complexity index is 1170. The Morgan fingerprint density at radius 1 is 0.935 bits per heavy atom. The van der Waals surface area contributed by atoms with Crippen LogP contribution >= 0.6 is 22.7 Å². The minimum Gasteiger partial charge on any atom is -0.485 e. The molecule has 0 aliphatic carbocycles. The number of likely N-dealkylation sites (tertiary alicyclic amines) is 1. The summed E-state index contributed by atoms with van der Waals surface area (Å²) < 4.78 is 23.1. The van der Waals surface area contributed by atoms with Crippen LogP contribution in [0.4, 0.5) is 0 Å². The molecule has 0 bridgehead atoms. The number of likely N-dealkylation sites (N-methyl/N-ethyl adjacent to an activating group) is 1. The van der Waals surface area contributed by atoms with Crippen LogP contribution in [0.3, 0.4) is 0 Å². The highest BCUT2D eigenvalue weighted by Crippen LogP contribution is 2.62. The van der Waals surface area contributed by atoms with E-state index in [2.05, 4.69) is 0 Å². The SMILES string of the molecule is CN1C(=O)C2(C)C(=C1c1scc3c1OCCO3)C(=O)N(C)C2c1scc2c1OCCO2. The molecule has 0 N–H and O–H groups in total. The van der Waals surface area contributed by atoms with Gasteiger partial charge in [-0.1, -0.05) is 0 Å². The minimum atomic E-state index is -1.05. The number of ether oxygens (including phenoxy) is 4. The maximum atomic E-state index is 13.7. The molecular weight excluding hydrogens is 440 g/mol. The number of carbonyl (C=O) groups is 2. The molecule has 2 aromatic rings. The smallest absolute Gasteiger partial charge is 0.253 e. The number of hydrogen-bond donors (Lipinski definition) is 0. The lowest BCUT2D eigenvalue weighted by molar-refractivity contribution is -0.134. The van der Waals surface area contributed by atoms with Crippen molar-refractivity contribution in [2.24, 2.45) is 5.41 Å². The van der Waals surface area contributed by atoms with Gasteiger partial charge >= 0.3 is 0 Å². The van der Waals surface area contributed by atoms with Crippen molar-refractivity contribution in [1.29, 1.82) is 0 Å². The molecule has 1 fully saturated rings. The molecule has 162 valence electrons. The monoisotopic (exact) mass is 460 g/mol. The van der Waals surface area contributed by atoms with Gasteiger partial charge in [-0.3, -0.25) is 9.59 Å². The third kappa shape index (κ3) is 2.29. The average molecular weight is 461 g/mol. The largest absolute Gasteiger partial charge is 0.485 e. The molecule has 2 aromatic heterocycles. The molecule has 31 heavy (non-hydrogen) atoms. The third-order valence-electron chi connectivity index (χ3n) is 6.40. The zero-order valence-electron chi connectivity index (χ0n) is 17.2. The van der Waals surface area contributed by atoms with Crippen molar-refractivity contribution in [2.75, 3.05) is 40.5 Å². The lowest BCUT2D eigenvalue weighted by Gasteiger charge is -2.31. The molecular formula is C21H20N2O6S2. The van der Waals surface area contributed by atoms with E-state index in [9.17, 15) is 9.59 Å². The van der Waals surface area contributed by atoms with Gasteiger partial charge in [-0.05, 0) is 6.92 Å². The Morgan fingerprint density at radius 3 is 2.29 bits per heavy atom. The van der Waals surface area contributed by atoms with Gasteiger partial charge in [-0.25, -0.2) is 0 Å². The van der Waals surface area contributed by atoms with Gasteiger partial charge in [0.05, 0.1) is 27.1 Å². The van der Waals surface area contributed by atoms with Gasteiger partial charge in [0.25, 0.3) is 5.91 Å². The second kappa shape index (κ2) is 6.39. The van der Waals surface area contributed by atoms with Gasteiger partial charge < -0.3 is 28.7 Å². The molecule has 0 spiro atoms. The van der Waals surface area contributed by atoms with E-state index in [-0.39, 0.29) is 11.8 Å². The molecule has 2 amide bonds. The summed E-state index contributed by atoms with van der Waals surface area (Å²) in [6, 6.07) is -0.481. The van der Waals surface area contributed by atoms with Crippen LogP contribution in [0.15, 0.2) is 16.3 Å². The predicted molar refractivity (Wildman–Crippen MR) is 114 cm³/mol. The average Bonchev–Trinajstić information content (AvgIpc) is 3.48. The standard InChI is InChI=1S/C21H20N2O6S2/c1-21-12(13(22(2)20(21)25)16-14-10(8-30-16)26-4-6-28-14)19(24)23(3)18(21)17-15-11(9-31-17)27-5-7-29-15/h8-9,18H,4-7H2,1-3H3. The van der Waals surface area contributed by atoms with Gasteiger partial charge in [0.1, 0.15) is 31.8 Å². The fourth-order valence-electron chi connectivity index (χ4n) is 5.03. The summed E-state index contributed by atoms with van der Waals surface area (Å²) in [6.45, 7) is 3.70. The fourth-order valence-corrected chi connectivity index (χ4v) is 7.25. The van der Waals surface area contributed by atoms with Gasteiger partial charge in [0, 0.05) is 24.9 Å². The van der Waals surface area contributed by atoms with Crippen LogP contribution in [0.5, 0.6) is 23.0 Å². The zero-order valence-corrected chi connectivity index (χ0v) is 18.9. The van der Waals surface area contributed by atoms with E-state index in [1.165, 1.54) is 22.7 Å². The molecule has 4 aliphatic rings. The number of nitrogens with zero attached hydrogens (tertiary/aromatic N) is 2. The van der Waals surface area contributed by atoms with E-state index >= 15 is 0 Å². The van der Waals surface area contributed by atoms with Crippen molar-refractivity contribution in [3.05, 3.63) is 26.1 Å². The molecule has 8 nitrogen and oxygen atoms in total. The lowest BCUT2D eigenvalue weighted by atomic mass is 9.78. The quantitative estimate of drug-likeness (QED) is 0.686. The number of amides is 2. The fraction of sp³-hybridized carbons (Fsp3) is 0.429. The van der Waals surface area contributed by atoms with E-state index in [1.807, 2.05) is 17.7 Å². The summed E-state index contributed by atoms with van der Waals surface area (Å²) in [6.07, 6.45) is 0. The Labute approximate surface area is 186 Å². The second-order valence-electron chi connectivity index (χ2n) is 8.05. The maximum absolute atomic E-state index is 13.7. The van der Waals surface area contributed by atoms with E-state index in [0.29, 0.717) is 60.7 Å². The van der Waals surface area contributed by atoms with E-state index in [1.54, 1.807) is 23.9 Å². The van der Waals surface area contributed by atoms with Crippen LogP contribution in [0.25, 0.3) is 5.70 Å². The first-order chi connectivity index (χ1) is 14.9. The molecule has 6 rings (SSSR count). The summed E-state index contributed by atoms with van der Waals surface area (Å²) >= 11 is 2.89. The molecule has 10 heteroatoms. The van der Waals surface area contributed by atoms with Gasteiger partial charge in [-0.15, -0.1) is 22.7 Å². The Morgan fingerprint density at radius 2 is 1.55 bits per heavy atom. The third-order valence-corrected chi connectivity index (χ3v) is 8.34. The second-order valence-corrected chi connectivity index (χ2v) is 9.84. The first-order valence-electron chi connectivity index (χ1n) is 9.99. The lowest BCUT2D eigenvalue weighted by Crippen LogP contribution is -2.39. The van der Waals surface area contributed by atoms with E-state index in [4.69, 9.17) is 18.9 Å². The highest BCUT2D eigenvalue weighted by Gasteiger charge is 2.64. The van der Waals surface area contributed by atoms with Gasteiger partial charge in [0.15, 0.2) is 23.0 Å². The number of fused-ring (bicyclic) bond motifs is 3. The minimum absolute atomic E-state index is 0.127. The van der Waals surface area contributed by atoms with Crippen LogP contribution in [-0.4, -0.2) is 62.1 Å². The molecule has 1 saturated heterocycles. The maximum Gasteiger partial charge on any atom is 0.253 e. The summed E-state index contributed by atoms with van der Waals surface area (Å²) in [5.41, 5.74) is 0.0401. The van der Waals surface area contributed by atoms with Crippen molar-refractivity contribution >= 4 is 40.2 Å². The molecule has 0 radical (unpaired) electrons. The predicted octanol–water partition coefficient (Wildman–Crippen LogP) is 2.75. The van der Waals surface area contributed by atoms with Crippen LogP contribution in [0, 0.1) is 5.41 Å². The van der Waals surface area contributed by atoms with E-state index in [0.717, 1.165) is 9.75 Å². The van der Waals surface area contributed by atoms with Gasteiger partial charge in [0.2, 0.25) is 5.91 Å². The normalized spacial score (nSPS) is 26.7. The van der Waals surface area contributed by atoms with Crippen molar-refractivity contribution in [3.8, 4) is 23.0 Å². The van der Waals surface area contributed by atoms with Crippen molar-refractivity contribution in [2.45, 2.75) is 13.0 Å². The number of hydrogen-bond acceptors (Lipinski definition) is 8. The molecule has 6 heterocycles. The summed E-state index contributed by atoms with van der Waals surface area (Å²) in [7, 11) is 3.46. The molecule has 4 aliphatic heterocycles. The van der Waals surface area contributed by atoms with Crippen LogP contribution in [0.1, 0.15) is 22.7 Å². The van der Waals surface area contributed by atoms with Crippen molar-refractivity contribution in [1.82, 2.24) is 9.80 Å². The summed E-state index contributed by atoms with van der Waals surface area (Å²) in [4.78, 5) is 32.1. The molecule has 0 aromatic carbocycles. The van der Waals surface area contributed by atoms with Crippen LogP contribution < -0.4 is 18.9 Å². The zero-order chi connectivity index (χ0) is 21.5. The Hall–Kier alpha value is -2.72. The van der Waals surface area contributed by atoms with Crippen LogP contribution in [-0.2, 0) is 9.59 Å².